The Morgan fingerprint density at radius 2 is 2.06 bits per heavy atom. The van der Waals surface area contributed by atoms with Crippen molar-refractivity contribution in [3.05, 3.63) is 29.3 Å². The lowest BCUT2D eigenvalue weighted by Gasteiger charge is -2.15. The van der Waals surface area contributed by atoms with E-state index >= 15 is 0 Å². The van der Waals surface area contributed by atoms with Gasteiger partial charge in [-0.3, -0.25) is 4.79 Å². The van der Waals surface area contributed by atoms with Gasteiger partial charge in [-0.2, -0.15) is 13.2 Å². The van der Waals surface area contributed by atoms with Crippen molar-refractivity contribution in [3.63, 3.8) is 0 Å². The summed E-state index contributed by atoms with van der Waals surface area (Å²) >= 11 is 0. The Labute approximate surface area is 103 Å². The molecule has 18 heavy (non-hydrogen) atoms. The third-order valence-corrected chi connectivity index (χ3v) is 2.65. The quantitative estimate of drug-likeness (QED) is 0.874. The van der Waals surface area contributed by atoms with Crippen LogP contribution in [0.5, 0.6) is 0 Å². The topological polar surface area (TPSA) is 55.1 Å². The van der Waals surface area contributed by atoms with Crippen LogP contribution in [0.1, 0.15) is 18.1 Å². The molecule has 0 aliphatic heterocycles. The molecule has 0 spiro atoms. The number of carbonyl (C=O) groups excluding carboxylic acids is 1. The first-order valence-electron chi connectivity index (χ1n) is 5.43. The minimum absolute atomic E-state index is 0.206. The second kappa shape index (κ2) is 5.29. The molecule has 1 amide bonds. The van der Waals surface area contributed by atoms with Gasteiger partial charge in [-0.25, -0.2) is 0 Å². The molecule has 0 aliphatic carbocycles. The second-order valence-electron chi connectivity index (χ2n) is 4.21. The summed E-state index contributed by atoms with van der Waals surface area (Å²) < 4.78 is 37.6. The predicted molar refractivity (Wildman–Crippen MR) is 63.0 cm³/mol. The summed E-state index contributed by atoms with van der Waals surface area (Å²) in [7, 11) is 0. The molecule has 3 N–H and O–H groups in total. The minimum Gasteiger partial charge on any atom is -0.384 e. The highest BCUT2D eigenvalue weighted by Crippen LogP contribution is 2.32. The van der Waals surface area contributed by atoms with E-state index in [0.717, 1.165) is 12.1 Å². The summed E-state index contributed by atoms with van der Waals surface area (Å²) in [6.45, 7) is 3.51. The predicted octanol–water partition coefficient (Wildman–Crippen LogP) is 2.55. The van der Waals surface area contributed by atoms with E-state index in [1.54, 1.807) is 13.8 Å². The molecule has 0 saturated carbocycles. The van der Waals surface area contributed by atoms with Crippen LogP contribution in [-0.4, -0.2) is 12.5 Å². The highest BCUT2D eigenvalue weighted by atomic mass is 19.4. The Hall–Kier alpha value is -1.72. The maximum Gasteiger partial charge on any atom is 0.416 e. The van der Waals surface area contributed by atoms with Gasteiger partial charge in [-0.15, -0.1) is 0 Å². The maximum atomic E-state index is 12.5. The van der Waals surface area contributed by atoms with Crippen LogP contribution >= 0.6 is 0 Å². The van der Waals surface area contributed by atoms with Crippen molar-refractivity contribution in [2.24, 2.45) is 11.7 Å². The first-order chi connectivity index (χ1) is 8.21. The summed E-state index contributed by atoms with van der Waals surface area (Å²) in [6.07, 6.45) is -4.38. The summed E-state index contributed by atoms with van der Waals surface area (Å²) in [5, 5.41) is 2.81. The number of aryl methyl sites for hydroxylation is 1. The molecule has 1 aromatic rings. The Bertz CT molecular complexity index is 443. The fourth-order valence-electron chi connectivity index (χ4n) is 1.35. The van der Waals surface area contributed by atoms with Crippen LogP contribution in [-0.2, 0) is 11.0 Å². The average molecular weight is 260 g/mol. The second-order valence-corrected chi connectivity index (χ2v) is 4.21. The van der Waals surface area contributed by atoms with Gasteiger partial charge in [0, 0.05) is 12.2 Å². The van der Waals surface area contributed by atoms with E-state index in [4.69, 9.17) is 5.73 Å². The lowest BCUT2D eigenvalue weighted by Crippen LogP contribution is -2.27. The Kier molecular flexibility index (Phi) is 4.21. The van der Waals surface area contributed by atoms with Crippen LogP contribution < -0.4 is 11.1 Å². The van der Waals surface area contributed by atoms with E-state index in [1.165, 1.54) is 6.07 Å². The van der Waals surface area contributed by atoms with Crippen molar-refractivity contribution in [3.8, 4) is 0 Å². The zero-order valence-corrected chi connectivity index (χ0v) is 10.1. The third kappa shape index (κ3) is 3.65. The van der Waals surface area contributed by atoms with Crippen molar-refractivity contribution in [2.45, 2.75) is 20.0 Å². The zero-order chi connectivity index (χ0) is 13.9. The van der Waals surface area contributed by atoms with Crippen LogP contribution in [0.3, 0.4) is 0 Å². The number of halogens is 3. The van der Waals surface area contributed by atoms with Crippen LogP contribution in [0.2, 0.25) is 0 Å². The minimum atomic E-state index is -4.38. The molecule has 1 aromatic carbocycles. The smallest absolute Gasteiger partial charge is 0.384 e. The number of benzene rings is 1. The van der Waals surface area contributed by atoms with E-state index in [1.807, 2.05) is 0 Å². The molecule has 0 aromatic heterocycles. The van der Waals surface area contributed by atoms with E-state index in [-0.39, 0.29) is 6.54 Å². The van der Waals surface area contributed by atoms with Gasteiger partial charge in [-0.1, -0.05) is 13.0 Å². The Morgan fingerprint density at radius 1 is 1.44 bits per heavy atom. The van der Waals surface area contributed by atoms with Gasteiger partial charge in [0.25, 0.3) is 0 Å². The monoisotopic (exact) mass is 260 g/mol. The van der Waals surface area contributed by atoms with Crippen molar-refractivity contribution in [2.75, 3.05) is 11.9 Å². The van der Waals surface area contributed by atoms with E-state index in [0.29, 0.717) is 11.3 Å². The average Bonchev–Trinajstić information content (AvgIpc) is 2.25. The van der Waals surface area contributed by atoms with Crippen molar-refractivity contribution < 1.29 is 18.0 Å². The standard InChI is InChI=1S/C12H15F3N2O/c1-7-3-4-9(12(13,14)15)5-10(7)17-6-8(2)11(16)18/h3-5,8,17H,6H2,1-2H3,(H2,16,18). The molecule has 1 unspecified atom stereocenters. The number of hydrogen-bond acceptors (Lipinski definition) is 2. The van der Waals surface area contributed by atoms with Crippen LogP contribution in [0.25, 0.3) is 0 Å². The molecule has 1 rings (SSSR count). The van der Waals surface area contributed by atoms with Gasteiger partial charge >= 0.3 is 6.18 Å². The molecule has 0 bridgehead atoms. The SMILES string of the molecule is Cc1ccc(C(F)(F)F)cc1NCC(C)C(N)=O. The summed E-state index contributed by atoms with van der Waals surface area (Å²) in [5.41, 5.74) is 5.40. The molecule has 0 heterocycles. The van der Waals surface area contributed by atoms with Crippen molar-refractivity contribution in [1.82, 2.24) is 0 Å². The van der Waals surface area contributed by atoms with Crippen LogP contribution in [0.15, 0.2) is 18.2 Å². The number of hydrogen-bond donors (Lipinski definition) is 2. The molecule has 100 valence electrons. The molecule has 0 saturated heterocycles. The van der Waals surface area contributed by atoms with Gasteiger partial charge in [0.05, 0.1) is 11.5 Å². The van der Waals surface area contributed by atoms with Gasteiger partial charge in [0.1, 0.15) is 0 Å². The highest BCUT2D eigenvalue weighted by Gasteiger charge is 2.30. The largest absolute Gasteiger partial charge is 0.416 e. The number of alkyl halides is 3. The number of nitrogens with two attached hydrogens (primary N) is 1. The fraction of sp³-hybridized carbons (Fsp3) is 0.417. The Morgan fingerprint density at radius 3 is 2.56 bits per heavy atom. The van der Waals surface area contributed by atoms with Crippen molar-refractivity contribution in [1.29, 1.82) is 0 Å². The number of primary amides is 1. The summed E-state index contributed by atoms with van der Waals surface area (Å²) in [4.78, 5) is 10.8. The highest BCUT2D eigenvalue weighted by molar-refractivity contribution is 5.77. The van der Waals surface area contributed by atoms with Crippen molar-refractivity contribution >= 4 is 11.6 Å². The fourth-order valence-corrected chi connectivity index (χ4v) is 1.35. The van der Waals surface area contributed by atoms with Crippen LogP contribution in [0, 0.1) is 12.8 Å². The van der Waals surface area contributed by atoms with E-state index in [2.05, 4.69) is 5.32 Å². The first-order valence-corrected chi connectivity index (χ1v) is 5.43. The normalized spacial score (nSPS) is 13.2. The summed E-state index contributed by atoms with van der Waals surface area (Å²) in [5.74, 6) is -0.939. The first kappa shape index (κ1) is 14.3. The zero-order valence-electron chi connectivity index (χ0n) is 10.1. The molecule has 0 aliphatic rings. The maximum absolute atomic E-state index is 12.5. The van der Waals surface area contributed by atoms with E-state index < -0.39 is 23.6 Å². The lowest BCUT2D eigenvalue weighted by atomic mass is 10.1. The number of anilines is 1. The number of nitrogens with one attached hydrogen (secondary N) is 1. The number of carbonyl (C=O) groups is 1. The van der Waals surface area contributed by atoms with Gasteiger partial charge < -0.3 is 11.1 Å². The van der Waals surface area contributed by atoms with E-state index in [9.17, 15) is 18.0 Å². The van der Waals surface area contributed by atoms with Gasteiger partial charge in [-0.05, 0) is 24.6 Å². The molecular weight excluding hydrogens is 245 g/mol. The molecule has 6 heteroatoms. The van der Waals surface area contributed by atoms with Crippen LogP contribution in [0.4, 0.5) is 18.9 Å². The molecular formula is C12H15F3N2O. The molecule has 1 atom stereocenters. The summed E-state index contributed by atoms with van der Waals surface area (Å²) in [6, 6.07) is 3.45. The molecule has 0 fully saturated rings. The number of rotatable bonds is 4. The van der Waals surface area contributed by atoms with Gasteiger partial charge in [0.2, 0.25) is 5.91 Å². The molecule has 3 nitrogen and oxygen atoms in total. The lowest BCUT2D eigenvalue weighted by molar-refractivity contribution is -0.137. The third-order valence-electron chi connectivity index (χ3n) is 2.65. The molecule has 0 radical (unpaired) electrons. The van der Waals surface area contributed by atoms with Gasteiger partial charge in [0.15, 0.2) is 0 Å². The Balaban J connectivity index is 2.85. The number of amides is 1.